The highest BCUT2D eigenvalue weighted by Crippen LogP contribution is 2.26. The Balaban J connectivity index is 1.74. The largest absolute Gasteiger partial charge is 0.481 e. The predicted molar refractivity (Wildman–Crippen MR) is 111 cm³/mol. The zero-order valence-corrected chi connectivity index (χ0v) is 17.3. The van der Waals surface area contributed by atoms with E-state index in [1.807, 2.05) is 12.1 Å². The second kappa shape index (κ2) is 9.43. The van der Waals surface area contributed by atoms with Gasteiger partial charge in [0.25, 0.3) is 5.91 Å². The van der Waals surface area contributed by atoms with E-state index in [-0.39, 0.29) is 16.8 Å². The van der Waals surface area contributed by atoms with E-state index in [0.717, 1.165) is 19.3 Å². The van der Waals surface area contributed by atoms with Gasteiger partial charge in [0, 0.05) is 5.69 Å². The molecule has 2 aromatic carbocycles. The number of benzene rings is 2. The van der Waals surface area contributed by atoms with E-state index in [1.165, 1.54) is 50.0 Å². The summed E-state index contributed by atoms with van der Waals surface area (Å²) >= 11 is 0. The van der Waals surface area contributed by atoms with Gasteiger partial charge in [0.2, 0.25) is 0 Å². The average molecular weight is 411 g/mol. The van der Waals surface area contributed by atoms with Crippen molar-refractivity contribution in [1.29, 1.82) is 0 Å². The van der Waals surface area contributed by atoms with Gasteiger partial charge < -0.3 is 19.5 Å². The van der Waals surface area contributed by atoms with Crippen LogP contribution < -0.4 is 10.1 Å². The third-order valence-electron chi connectivity index (χ3n) is 5.04. The van der Waals surface area contributed by atoms with Gasteiger partial charge in [-0.1, -0.05) is 6.07 Å². The van der Waals surface area contributed by atoms with Crippen LogP contribution in [0.25, 0.3) is 0 Å². The van der Waals surface area contributed by atoms with Gasteiger partial charge in [-0.25, -0.2) is 9.59 Å². The Labute approximate surface area is 175 Å². The third kappa shape index (κ3) is 4.97. The Bertz CT molecular complexity index is 934. The maximum Gasteiger partial charge on any atom is 0.337 e. The number of esters is 2. The fraction of sp³-hybridized carbons (Fsp3) is 0.348. The Morgan fingerprint density at radius 2 is 1.47 bits per heavy atom. The lowest BCUT2D eigenvalue weighted by atomic mass is 9.92. The molecule has 1 amide bonds. The van der Waals surface area contributed by atoms with E-state index in [1.54, 1.807) is 6.92 Å². The van der Waals surface area contributed by atoms with Crippen LogP contribution in [0.2, 0.25) is 0 Å². The Kier molecular flexibility index (Phi) is 6.72. The highest BCUT2D eigenvalue weighted by Gasteiger charge is 2.19. The van der Waals surface area contributed by atoms with E-state index in [4.69, 9.17) is 14.2 Å². The SMILES string of the molecule is COC(=O)c1cc(NC(=O)C(C)Oc2ccc3c(c2)CCCC3)cc(C(=O)OC)c1. The maximum atomic E-state index is 12.6. The van der Waals surface area contributed by atoms with Crippen LogP contribution in [0, 0.1) is 0 Å². The number of methoxy groups -OCH3 is 2. The highest BCUT2D eigenvalue weighted by molar-refractivity contribution is 6.00. The van der Waals surface area contributed by atoms with Crippen molar-refractivity contribution in [2.75, 3.05) is 19.5 Å². The summed E-state index contributed by atoms with van der Waals surface area (Å²) in [7, 11) is 2.47. The lowest BCUT2D eigenvalue weighted by Crippen LogP contribution is -2.30. The number of rotatable bonds is 6. The molecule has 7 heteroatoms. The molecule has 0 heterocycles. The summed E-state index contributed by atoms with van der Waals surface area (Å²) < 4.78 is 15.2. The van der Waals surface area contributed by atoms with Crippen LogP contribution in [-0.2, 0) is 27.1 Å². The summed E-state index contributed by atoms with van der Waals surface area (Å²) in [6, 6.07) is 10.1. The topological polar surface area (TPSA) is 90.9 Å². The zero-order valence-electron chi connectivity index (χ0n) is 17.3. The molecule has 0 aromatic heterocycles. The lowest BCUT2D eigenvalue weighted by Gasteiger charge is -2.19. The first-order valence-corrected chi connectivity index (χ1v) is 9.82. The van der Waals surface area contributed by atoms with E-state index in [2.05, 4.69) is 11.4 Å². The van der Waals surface area contributed by atoms with Crippen molar-refractivity contribution in [2.24, 2.45) is 0 Å². The van der Waals surface area contributed by atoms with E-state index >= 15 is 0 Å². The van der Waals surface area contributed by atoms with Crippen molar-refractivity contribution in [1.82, 2.24) is 0 Å². The van der Waals surface area contributed by atoms with Gasteiger partial charge in [-0.3, -0.25) is 4.79 Å². The summed E-state index contributed by atoms with van der Waals surface area (Å²) in [6.07, 6.45) is 3.67. The van der Waals surface area contributed by atoms with Crippen molar-refractivity contribution in [2.45, 2.75) is 38.7 Å². The molecule has 30 heavy (non-hydrogen) atoms. The van der Waals surface area contributed by atoms with Gasteiger partial charge in [-0.2, -0.15) is 0 Å². The average Bonchev–Trinajstić information content (AvgIpc) is 2.77. The fourth-order valence-electron chi connectivity index (χ4n) is 3.46. The number of anilines is 1. The minimum atomic E-state index is -0.782. The molecule has 1 aliphatic rings. The molecule has 1 atom stereocenters. The molecule has 1 N–H and O–H groups in total. The summed E-state index contributed by atoms with van der Waals surface area (Å²) in [5.41, 5.74) is 3.11. The Morgan fingerprint density at radius 3 is 2.07 bits per heavy atom. The van der Waals surface area contributed by atoms with Gasteiger partial charge in [-0.05, 0) is 74.1 Å². The van der Waals surface area contributed by atoms with Crippen LogP contribution in [0.3, 0.4) is 0 Å². The minimum Gasteiger partial charge on any atom is -0.481 e. The number of amides is 1. The zero-order chi connectivity index (χ0) is 21.7. The highest BCUT2D eigenvalue weighted by atomic mass is 16.5. The molecule has 158 valence electrons. The molecule has 1 aliphatic carbocycles. The number of hydrogen-bond acceptors (Lipinski definition) is 6. The molecule has 0 spiro atoms. The van der Waals surface area contributed by atoms with Crippen LogP contribution in [0.15, 0.2) is 36.4 Å². The molecule has 3 rings (SSSR count). The van der Waals surface area contributed by atoms with E-state index in [0.29, 0.717) is 5.75 Å². The van der Waals surface area contributed by atoms with Crippen LogP contribution >= 0.6 is 0 Å². The van der Waals surface area contributed by atoms with Crippen LogP contribution in [-0.4, -0.2) is 38.2 Å². The molecular formula is C23H25NO6. The monoisotopic (exact) mass is 411 g/mol. The minimum absolute atomic E-state index is 0.124. The molecule has 1 unspecified atom stereocenters. The predicted octanol–water partition coefficient (Wildman–Crippen LogP) is 3.54. The van der Waals surface area contributed by atoms with Gasteiger partial charge in [0.1, 0.15) is 5.75 Å². The molecule has 2 aromatic rings. The Hall–Kier alpha value is -3.35. The number of ether oxygens (including phenoxy) is 3. The second-order valence-corrected chi connectivity index (χ2v) is 7.17. The quantitative estimate of drug-likeness (QED) is 0.731. The first-order chi connectivity index (χ1) is 14.4. The Morgan fingerprint density at radius 1 is 0.867 bits per heavy atom. The summed E-state index contributed by atoms with van der Waals surface area (Å²) in [5.74, 6) is -1.04. The third-order valence-corrected chi connectivity index (χ3v) is 5.04. The van der Waals surface area contributed by atoms with Crippen molar-refractivity contribution < 1.29 is 28.6 Å². The van der Waals surface area contributed by atoms with Gasteiger partial charge in [0.05, 0.1) is 25.3 Å². The fourth-order valence-corrected chi connectivity index (χ4v) is 3.46. The molecule has 0 saturated heterocycles. The first kappa shape index (κ1) is 21.4. The lowest BCUT2D eigenvalue weighted by molar-refractivity contribution is -0.122. The van der Waals surface area contributed by atoms with Crippen molar-refractivity contribution in [3.63, 3.8) is 0 Å². The number of aryl methyl sites for hydroxylation is 2. The number of carbonyl (C=O) groups is 3. The van der Waals surface area contributed by atoms with E-state index in [9.17, 15) is 14.4 Å². The van der Waals surface area contributed by atoms with Crippen molar-refractivity contribution >= 4 is 23.5 Å². The standard InChI is InChI=1S/C23H25NO6/c1-14(30-20-9-8-15-6-4-5-7-16(15)13-20)21(25)24-19-11-17(22(26)28-2)10-18(12-19)23(27)29-3/h8-14H,4-7H2,1-3H3,(H,24,25). The van der Waals surface area contributed by atoms with Crippen LogP contribution in [0.4, 0.5) is 5.69 Å². The van der Waals surface area contributed by atoms with E-state index < -0.39 is 23.9 Å². The normalized spacial score (nSPS) is 13.6. The summed E-state index contributed by atoms with van der Waals surface area (Å²) in [5, 5.41) is 2.68. The molecule has 0 saturated carbocycles. The maximum absolute atomic E-state index is 12.6. The molecule has 0 radical (unpaired) electrons. The van der Waals surface area contributed by atoms with Gasteiger partial charge in [0.15, 0.2) is 6.10 Å². The number of hydrogen-bond donors (Lipinski definition) is 1. The molecule has 0 bridgehead atoms. The van der Waals surface area contributed by atoms with Crippen LogP contribution in [0.5, 0.6) is 5.75 Å². The molecule has 0 aliphatic heterocycles. The summed E-state index contributed by atoms with van der Waals surface area (Å²) in [6.45, 7) is 1.64. The molecular weight excluding hydrogens is 386 g/mol. The summed E-state index contributed by atoms with van der Waals surface area (Å²) in [4.78, 5) is 36.4. The molecule has 0 fully saturated rings. The number of carbonyl (C=O) groups excluding carboxylic acids is 3. The van der Waals surface area contributed by atoms with Crippen molar-refractivity contribution in [3.05, 3.63) is 58.7 Å². The van der Waals surface area contributed by atoms with Crippen LogP contribution in [0.1, 0.15) is 51.6 Å². The number of fused-ring (bicyclic) bond motifs is 1. The van der Waals surface area contributed by atoms with Gasteiger partial charge in [-0.15, -0.1) is 0 Å². The molecule has 7 nitrogen and oxygen atoms in total. The number of nitrogens with one attached hydrogen (secondary N) is 1. The first-order valence-electron chi connectivity index (χ1n) is 9.82. The van der Waals surface area contributed by atoms with Crippen molar-refractivity contribution in [3.8, 4) is 5.75 Å². The smallest absolute Gasteiger partial charge is 0.337 e. The van der Waals surface area contributed by atoms with Gasteiger partial charge >= 0.3 is 11.9 Å². The second-order valence-electron chi connectivity index (χ2n) is 7.17.